The number of amides is 1. The van der Waals surface area contributed by atoms with Crippen molar-refractivity contribution >= 4 is 38.0 Å². The fourth-order valence-electron chi connectivity index (χ4n) is 4.71. The number of anilines is 2. The Morgan fingerprint density at radius 3 is 2.17 bits per heavy atom. The SMILES string of the molecule is CCn1c(C)c(C(c2ccc(N(C)C)cc2)S(=O)(=O)c2ccc(NC(C)=O)cc2)c2ccccc21. The van der Waals surface area contributed by atoms with Crippen LogP contribution in [0, 0.1) is 6.92 Å². The van der Waals surface area contributed by atoms with Gasteiger partial charge in [-0.05, 0) is 61.9 Å². The molecule has 1 atom stereocenters. The minimum absolute atomic E-state index is 0.206. The predicted molar refractivity (Wildman–Crippen MR) is 143 cm³/mol. The predicted octanol–water partition coefficient (Wildman–Crippen LogP) is 5.56. The number of carbonyl (C=O) groups excluding carboxylic acids is 1. The van der Waals surface area contributed by atoms with Gasteiger partial charge in [-0.3, -0.25) is 4.79 Å². The lowest BCUT2D eigenvalue weighted by atomic mass is 10.0. The summed E-state index contributed by atoms with van der Waals surface area (Å²) in [5, 5.41) is 2.75. The first-order valence-electron chi connectivity index (χ1n) is 11.6. The van der Waals surface area contributed by atoms with Crippen LogP contribution in [-0.2, 0) is 21.2 Å². The molecule has 0 fully saturated rings. The molecule has 7 heteroatoms. The van der Waals surface area contributed by atoms with Crippen LogP contribution in [0.15, 0.2) is 77.7 Å². The summed E-state index contributed by atoms with van der Waals surface area (Å²) in [5.74, 6) is -0.206. The molecule has 0 saturated heterocycles. The second-order valence-electron chi connectivity index (χ2n) is 8.88. The minimum Gasteiger partial charge on any atom is -0.378 e. The minimum atomic E-state index is -3.83. The van der Waals surface area contributed by atoms with E-state index >= 15 is 0 Å². The number of para-hydroxylation sites is 1. The van der Waals surface area contributed by atoms with Crippen molar-refractivity contribution in [1.29, 1.82) is 0 Å². The number of carbonyl (C=O) groups is 1. The van der Waals surface area contributed by atoms with Gasteiger partial charge in [-0.15, -0.1) is 0 Å². The lowest BCUT2D eigenvalue weighted by molar-refractivity contribution is -0.114. The molecule has 0 radical (unpaired) electrons. The van der Waals surface area contributed by atoms with E-state index in [4.69, 9.17) is 0 Å². The molecule has 35 heavy (non-hydrogen) atoms. The Morgan fingerprint density at radius 2 is 1.60 bits per heavy atom. The summed E-state index contributed by atoms with van der Waals surface area (Å²) in [4.78, 5) is 13.6. The molecule has 1 amide bonds. The molecular weight excluding hydrogens is 458 g/mol. The molecule has 0 spiro atoms. The largest absolute Gasteiger partial charge is 0.378 e. The van der Waals surface area contributed by atoms with Crippen molar-refractivity contribution in [3.05, 3.63) is 89.6 Å². The highest BCUT2D eigenvalue weighted by Crippen LogP contribution is 2.42. The van der Waals surface area contributed by atoms with Crippen LogP contribution < -0.4 is 10.2 Å². The fraction of sp³-hybridized carbons (Fsp3) is 0.250. The number of benzene rings is 3. The Hall–Kier alpha value is -3.58. The van der Waals surface area contributed by atoms with E-state index in [0.29, 0.717) is 11.3 Å². The number of aromatic nitrogens is 1. The van der Waals surface area contributed by atoms with Gasteiger partial charge in [0.2, 0.25) is 5.91 Å². The summed E-state index contributed by atoms with van der Waals surface area (Å²) in [5.41, 5.74) is 5.02. The van der Waals surface area contributed by atoms with E-state index in [2.05, 4.69) is 16.8 Å². The summed E-state index contributed by atoms with van der Waals surface area (Å²) in [7, 11) is 0.0805. The normalized spacial score (nSPS) is 12.5. The number of hydrogen-bond acceptors (Lipinski definition) is 4. The van der Waals surface area contributed by atoms with Gasteiger partial charge in [-0.25, -0.2) is 8.42 Å². The lowest BCUT2D eigenvalue weighted by Gasteiger charge is -2.21. The van der Waals surface area contributed by atoms with Crippen LogP contribution in [-0.4, -0.2) is 33.0 Å². The molecule has 1 unspecified atom stereocenters. The van der Waals surface area contributed by atoms with Crippen molar-refractivity contribution in [2.45, 2.75) is 37.5 Å². The van der Waals surface area contributed by atoms with Crippen LogP contribution in [0.3, 0.4) is 0 Å². The average Bonchev–Trinajstić information content (AvgIpc) is 3.10. The molecule has 6 nitrogen and oxygen atoms in total. The van der Waals surface area contributed by atoms with Gasteiger partial charge in [0, 0.05) is 61.1 Å². The Morgan fingerprint density at radius 1 is 0.971 bits per heavy atom. The molecular formula is C28H31N3O3S. The Bertz CT molecular complexity index is 1470. The standard InChI is InChI=1S/C28H31N3O3S/c1-6-31-19(2)27(25-9-7-8-10-26(25)31)28(21-11-15-23(16-12-21)30(4)5)35(33,34)24-17-13-22(14-18-24)29-20(3)32/h7-18,28H,6H2,1-5H3,(H,29,32). The van der Waals surface area contributed by atoms with E-state index in [9.17, 15) is 13.2 Å². The van der Waals surface area contributed by atoms with E-state index in [1.165, 1.54) is 6.92 Å². The average molecular weight is 490 g/mol. The van der Waals surface area contributed by atoms with Gasteiger partial charge in [0.1, 0.15) is 5.25 Å². The van der Waals surface area contributed by atoms with Crippen LogP contribution in [0.5, 0.6) is 0 Å². The van der Waals surface area contributed by atoms with Crippen LogP contribution >= 0.6 is 0 Å². The zero-order valence-corrected chi connectivity index (χ0v) is 21.6. The molecule has 0 aliphatic rings. The molecule has 0 aliphatic carbocycles. The molecule has 182 valence electrons. The highest BCUT2D eigenvalue weighted by atomic mass is 32.2. The number of hydrogen-bond donors (Lipinski definition) is 1. The van der Waals surface area contributed by atoms with Crippen LogP contribution in [0.1, 0.15) is 35.9 Å². The van der Waals surface area contributed by atoms with Gasteiger partial charge in [-0.2, -0.15) is 0 Å². The van der Waals surface area contributed by atoms with Gasteiger partial charge in [0.25, 0.3) is 0 Å². The summed E-state index contributed by atoms with van der Waals surface area (Å²) < 4.78 is 30.7. The van der Waals surface area contributed by atoms with Crippen LogP contribution in [0.4, 0.5) is 11.4 Å². The van der Waals surface area contributed by atoms with Gasteiger partial charge < -0.3 is 14.8 Å². The monoisotopic (exact) mass is 489 g/mol. The first-order valence-corrected chi connectivity index (χ1v) is 13.2. The van der Waals surface area contributed by atoms with Gasteiger partial charge in [-0.1, -0.05) is 30.3 Å². The van der Waals surface area contributed by atoms with E-state index in [0.717, 1.165) is 34.4 Å². The molecule has 4 rings (SSSR count). The lowest BCUT2D eigenvalue weighted by Crippen LogP contribution is -2.17. The topological polar surface area (TPSA) is 71.4 Å². The molecule has 0 aliphatic heterocycles. The van der Waals surface area contributed by atoms with Crippen molar-refractivity contribution in [1.82, 2.24) is 4.57 Å². The second kappa shape index (κ2) is 9.58. The maximum absolute atomic E-state index is 14.3. The van der Waals surface area contributed by atoms with Crippen molar-refractivity contribution in [2.24, 2.45) is 0 Å². The highest BCUT2D eigenvalue weighted by Gasteiger charge is 2.35. The van der Waals surface area contributed by atoms with Crippen molar-refractivity contribution in [3.63, 3.8) is 0 Å². The molecule has 0 bridgehead atoms. The zero-order chi connectivity index (χ0) is 25.3. The third-order valence-corrected chi connectivity index (χ3v) is 8.44. The Balaban J connectivity index is 1.95. The number of nitrogens with zero attached hydrogens (tertiary/aromatic N) is 2. The third kappa shape index (κ3) is 4.56. The molecule has 4 aromatic rings. The van der Waals surface area contributed by atoms with Crippen LogP contribution in [0.25, 0.3) is 10.9 Å². The molecule has 0 saturated carbocycles. The Labute approximate surface area is 207 Å². The summed E-state index contributed by atoms with van der Waals surface area (Å²) in [6.45, 7) is 6.23. The molecule has 3 aromatic carbocycles. The van der Waals surface area contributed by atoms with Crippen molar-refractivity contribution < 1.29 is 13.2 Å². The van der Waals surface area contributed by atoms with Crippen molar-refractivity contribution in [3.8, 4) is 0 Å². The quantitative estimate of drug-likeness (QED) is 0.369. The number of rotatable bonds is 7. The highest BCUT2D eigenvalue weighted by molar-refractivity contribution is 7.92. The molecule has 1 aromatic heterocycles. The van der Waals surface area contributed by atoms with Gasteiger partial charge in [0.15, 0.2) is 9.84 Å². The maximum Gasteiger partial charge on any atom is 0.221 e. The molecule has 1 heterocycles. The number of sulfone groups is 1. The number of nitrogens with one attached hydrogen (secondary N) is 1. The van der Waals surface area contributed by atoms with Crippen LogP contribution in [0.2, 0.25) is 0 Å². The zero-order valence-electron chi connectivity index (χ0n) is 20.7. The van der Waals surface area contributed by atoms with Crippen molar-refractivity contribution in [2.75, 3.05) is 24.3 Å². The fourth-order valence-corrected chi connectivity index (χ4v) is 6.62. The first-order chi connectivity index (χ1) is 16.6. The molecule has 1 N–H and O–H groups in total. The maximum atomic E-state index is 14.3. The van der Waals surface area contributed by atoms with Gasteiger partial charge >= 0.3 is 0 Å². The summed E-state index contributed by atoms with van der Waals surface area (Å²) >= 11 is 0. The smallest absolute Gasteiger partial charge is 0.221 e. The van der Waals surface area contributed by atoms with Gasteiger partial charge in [0.05, 0.1) is 4.90 Å². The van der Waals surface area contributed by atoms with E-state index < -0.39 is 15.1 Å². The van der Waals surface area contributed by atoms with E-state index in [1.807, 2.05) is 74.4 Å². The van der Waals surface area contributed by atoms with E-state index in [1.54, 1.807) is 24.3 Å². The second-order valence-corrected chi connectivity index (χ2v) is 10.9. The first kappa shape index (κ1) is 24.5. The number of aryl methyl sites for hydroxylation is 1. The Kier molecular flexibility index (Phi) is 6.72. The number of fused-ring (bicyclic) bond motifs is 1. The van der Waals surface area contributed by atoms with E-state index in [-0.39, 0.29) is 10.8 Å². The summed E-state index contributed by atoms with van der Waals surface area (Å²) in [6, 6.07) is 22.1. The third-order valence-electron chi connectivity index (χ3n) is 6.38. The summed E-state index contributed by atoms with van der Waals surface area (Å²) in [6.07, 6.45) is 0.